The van der Waals surface area contributed by atoms with Gasteiger partial charge in [-0.25, -0.2) is 0 Å². The summed E-state index contributed by atoms with van der Waals surface area (Å²) in [6.45, 7) is 3.57. The van der Waals surface area contributed by atoms with Crippen molar-refractivity contribution in [2.45, 2.75) is 49.8 Å². The highest BCUT2D eigenvalue weighted by molar-refractivity contribution is 14.0. The molecule has 1 aliphatic carbocycles. The van der Waals surface area contributed by atoms with Gasteiger partial charge in [0.15, 0.2) is 5.96 Å². The zero-order valence-electron chi connectivity index (χ0n) is 14.3. The summed E-state index contributed by atoms with van der Waals surface area (Å²) in [5, 5.41) is 7.93. The first kappa shape index (κ1) is 20.4. The van der Waals surface area contributed by atoms with Gasteiger partial charge in [0.05, 0.1) is 0 Å². The number of likely N-dealkylation sites (tertiary alicyclic amines) is 1. The fourth-order valence-electron chi connectivity index (χ4n) is 3.42. The third kappa shape index (κ3) is 6.83. The van der Waals surface area contributed by atoms with Crippen LogP contribution in [0.25, 0.3) is 0 Å². The van der Waals surface area contributed by atoms with Crippen molar-refractivity contribution in [3.05, 3.63) is 0 Å². The average Bonchev–Trinajstić information content (AvgIpc) is 2.96. The third-order valence-electron chi connectivity index (χ3n) is 4.97. The molecule has 1 aliphatic heterocycles. The van der Waals surface area contributed by atoms with Crippen molar-refractivity contribution in [1.82, 2.24) is 15.5 Å². The van der Waals surface area contributed by atoms with Crippen LogP contribution in [0.1, 0.15) is 38.5 Å². The van der Waals surface area contributed by atoms with Gasteiger partial charge in [0, 0.05) is 24.9 Å². The standard InChI is InChI=1S/C16H32N4S.HI/c1-17-16(19-14-4-5-15(12-14)21-3)18-9-6-13-7-10-20(2)11-8-13;/h13-15H,4-12H2,1-3H3,(H2,17,18,19);1H. The molecule has 0 aromatic rings. The van der Waals surface area contributed by atoms with Crippen molar-refractivity contribution in [3.63, 3.8) is 0 Å². The number of aliphatic imine (C=N–C) groups is 1. The van der Waals surface area contributed by atoms with Gasteiger partial charge < -0.3 is 15.5 Å². The summed E-state index contributed by atoms with van der Waals surface area (Å²) < 4.78 is 0. The van der Waals surface area contributed by atoms with Gasteiger partial charge in [-0.1, -0.05) is 0 Å². The quantitative estimate of drug-likeness (QED) is 0.392. The molecular weight excluding hydrogens is 407 g/mol. The first-order valence-corrected chi connectivity index (χ1v) is 9.68. The van der Waals surface area contributed by atoms with Crippen LogP contribution in [0.15, 0.2) is 4.99 Å². The number of rotatable bonds is 5. The molecule has 2 atom stereocenters. The Morgan fingerprint density at radius 3 is 2.55 bits per heavy atom. The maximum Gasteiger partial charge on any atom is 0.191 e. The second-order valence-electron chi connectivity index (χ2n) is 6.55. The smallest absolute Gasteiger partial charge is 0.191 e. The molecule has 1 heterocycles. The molecule has 22 heavy (non-hydrogen) atoms. The number of guanidine groups is 1. The Morgan fingerprint density at radius 2 is 1.95 bits per heavy atom. The molecule has 2 N–H and O–H groups in total. The molecule has 1 saturated carbocycles. The summed E-state index contributed by atoms with van der Waals surface area (Å²) in [4.78, 5) is 6.81. The highest BCUT2D eigenvalue weighted by atomic mass is 127. The maximum absolute atomic E-state index is 4.38. The Balaban J connectivity index is 0.00000242. The number of nitrogens with zero attached hydrogens (tertiary/aromatic N) is 2. The van der Waals surface area contributed by atoms with Crippen LogP contribution in [-0.2, 0) is 0 Å². The van der Waals surface area contributed by atoms with Gasteiger partial charge in [0.2, 0.25) is 0 Å². The summed E-state index contributed by atoms with van der Waals surface area (Å²) in [6.07, 6.45) is 10.1. The Labute approximate surface area is 157 Å². The van der Waals surface area contributed by atoms with E-state index in [9.17, 15) is 0 Å². The van der Waals surface area contributed by atoms with E-state index in [2.05, 4.69) is 33.8 Å². The lowest BCUT2D eigenvalue weighted by molar-refractivity contribution is 0.213. The predicted molar refractivity (Wildman–Crippen MR) is 110 cm³/mol. The topological polar surface area (TPSA) is 39.7 Å². The molecule has 4 nitrogen and oxygen atoms in total. The Morgan fingerprint density at radius 1 is 1.23 bits per heavy atom. The van der Waals surface area contributed by atoms with Gasteiger partial charge in [0.1, 0.15) is 0 Å². The molecule has 2 rings (SSSR count). The van der Waals surface area contributed by atoms with Gasteiger partial charge in [-0.2, -0.15) is 11.8 Å². The molecule has 0 radical (unpaired) electrons. The van der Waals surface area contributed by atoms with Crippen LogP contribution >= 0.6 is 35.7 Å². The van der Waals surface area contributed by atoms with Crippen LogP contribution in [0.5, 0.6) is 0 Å². The van der Waals surface area contributed by atoms with Crippen LogP contribution in [0.4, 0.5) is 0 Å². The van der Waals surface area contributed by atoms with Gasteiger partial charge in [-0.05, 0) is 70.8 Å². The molecule has 0 amide bonds. The lowest BCUT2D eigenvalue weighted by Gasteiger charge is -2.29. The Kier molecular flexibility index (Phi) is 10.1. The summed E-state index contributed by atoms with van der Waals surface area (Å²) in [6, 6.07) is 0.608. The van der Waals surface area contributed by atoms with E-state index in [0.717, 1.165) is 23.7 Å². The molecule has 0 aromatic heterocycles. The first-order valence-electron chi connectivity index (χ1n) is 8.39. The Bertz CT molecular complexity index is 332. The number of nitrogens with one attached hydrogen (secondary N) is 2. The molecule has 2 aliphatic rings. The van der Waals surface area contributed by atoms with Crippen LogP contribution in [0.2, 0.25) is 0 Å². The molecule has 2 unspecified atom stereocenters. The average molecular weight is 440 g/mol. The zero-order valence-corrected chi connectivity index (χ0v) is 17.5. The lowest BCUT2D eigenvalue weighted by atomic mass is 9.94. The summed E-state index contributed by atoms with van der Waals surface area (Å²) in [5.74, 6) is 1.88. The van der Waals surface area contributed by atoms with Gasteiger partial charge in [0.25, 0.3) is 0 Å². The molecule has 6 heteroatoms. The SMILES string of the molecule is CN=C(NCCC1CCN(C)CC1)NC1CCC(SC)C1.I. The minimum Gasteiger partial charge on any atom is -0.356 e. The van der Waals surface area contributed by atoms with Crippen molar-refractivity contribution in [2.24, 2.45) is 10.9 Å². The van der Waals surface area contributed by atoms with Crippen molar-refractivity contribution < 1.29 is 0 Å². The van der Waals surface area contributed by atoms with E-state index in [1.807, 2.05) is 18.8 Å². The molecular formula is C16H33IN4S. The van der Waals surface area contributed by atoms with Crippen molar-refractivity contribution in [3.8, 4) is 0 Å². The van der Waals surface area contributed by atoms with Crippen LogP contribution < -0.4 is 10.6 Å². The van der Waals surface area contributed by atoms with Gasteiger partial charge in [-0.15, -0.1) is 24.0 Å². The molecule has 0 aromatic carbocycles. The minimum atomic E-state index is 0. The number of thioether (sulfide) groups is 1. The number of hydrogen-bond donors (Lipinski definition) is 2. The van der Waals surface area contributed by atoms with Crippen LogP contribution in [-0.4, -0.2) is 62.1 Å². The number of halogens is 1. The van der Waals surface area contributed by atoms with E-state index in [1.165, 1.54) is 51.6 Å². The minimum absolute atomic E-state index is 0. The summed E-state index contributed by atoms with van der Waals surface area (Å²) in [7, 11) is 4.11. The predicted octanol–water partition coefficient (Wildman–Crippen LogP) is 2.79. The van der Waals surface area contributed by atoms with E-state index < -0.39 is 0 Å². The second kappa shape index (κ2) is 11.0. The normalized spacial score (nSPS) is 27.5. The van der Waals surface area contributed by atoms with E-state index in [-0.39, 0.29) is 24.0 Å². The molecule has 0 spiro atoms. The zero-order chi connectivity index (χ0) is 15.1. The third-order valence-corrected chi connectivity index (χ3v) is 6.06. The maximum atomic E-state index is 4.38. The van der Waals surface area contributed by atoms with Crippen molar-refractivity contribution >= 4 is 41.7 Å². The summed E-state index contributed by atoms with van der Waals surface area (Å²) >= 11 is 2.00. The van der Waals surface area contributed by atoms with Gasteiger partial charge in [-0.3, -0.25) is 4.99 Å². The number of piperidine rings is 1. The highest BCUT2D eigenvalue weighted by Gasteiger charge is 2.24. The fraction of sp³-hybridized carbons (Fsp3) is 0.938. The lowest BCUT2D eigenvalue weighted by Crippen LogP contribution is -2.43. The fourth-order valence-corrected chi connectivity index (χ4v) is 4.22. The molecule has 1 saturated heterocycles. The van der Waals surface area contributed by atoms with E-state index >= 15 is 0 Å². The van der Waals surface area contributed by atoms with E-state index in [1.54, 1.807) is 0 Å². The monoisotopic (exact) mass is 440 g/mol. The first-order chi connectivity index (χ1) is 10.2. The van der Waals surface area contributed by atoms with Gasteiger partial charge >= 0.3 is 0 Å². The van der Waals surface area contributed by atoms with E-state index in [4.69, 9.17) is 0 Å². The highest BCUT2D eigenvalue weighted by Crippen LogP contribution is 2.28. The molecule has 2 fully saturated rings. The largest absolute Gasteiger partial charge is 0.356 e. The second-order valence-corrected chi connectivity index (χ2v) is 7.68. The molecule has 130 valence electrons. The number of hydrogen-bond acceptors (Lipinski definition) is 3. The summed E-state index contributed by atoms with van der Waals surface area (Å²) in [5.41, 5.74) is 0. The van der Waals surface area contributed by atoms with Crippen molar-refractivity contribution in [2.75, 3.05) is 40.0 Å². The van der Waals surface area contributed by atoms with Crippen molar-refractivity contribution in [1.29, 1.82) is 0 Å². The van der Waals surface area contributed by atoms with Crippen LogP contribution in [0.3, 0.4) is 0 Å². The Hall–Kier alpha value is 0.310. The van der Waals surface area contributed by atoms with E-state index in [0.29, 0.717) is 6.04 Å². The molecule has 0 bridgehead atoms. The van der Waals surface area contributed by atoms with Crippen LogP contribution in [0, 0.1) is 5.92 Å².